The van der Waals surface area contributed by atoms with Crippen molar-refractivity contribution in [3.05, 3.63) is 64.0 Å². The molecule has 1 amide bonds. The Bertz CT molecular complexity index is 789. The third-order valence-corrected chi connectivity index (χ3v) is 2.85. The predicted octanol–water partition coefficient (Wildman–Crippen LogP) is 2.81. The van der Waals surface area contributed by atoms with Gasteiger partial charge in [-0.15, -0.1) is 0 Å². The molecule has 0 saturated heterocycles. The molecule has 0 spiro atoms. The molecule has 0 saturated carbocycles. The molecular weight excluding hydrogens is 314 g/mol. The normalized spacial score (nSPS) is 10.3. The van der Waals surface area contributed by atoms with Crippen molar-refractivity contribution in [1.82, 2.24) is 4.98 Å². The molecule has 0 aliphatic rings. The lowest BCUT2D eigenvalue weighted by Crippen LogP contribution is -2.17. The van der Waals surface area contributed by atoms with Crippen LogP contribution in [0.4, 0.5) is 11.4 Å². The highest BCUT2D eigenvalue weighted by Gasteiger charge is 2.15. The Labute approximate surface area is 137 Å². The molecule has 0 radical (unpaired) electrons. The average molecular weight is 329 g/mol. The summed E-state index contributed by atoms with van der Waals surface area (Å²) >= 11 is 0. The van der Waals surface area contributed by atoms with E-state index in [0.29, 0.717) is 0 Å². The smallest absolute Gasteiger partial charge is 0.357 e. The van der Waals surface area contributed by atoms with E-state index in [4.69, 9.17) is 4.74 Å². The summed E-state index contributed by atoms with van der Waals surface area (Å²) in [5, 5.41) is 13.2. The molecule has 1 aromatic carbocycles. The number of pyridine rings is 1. The van der Waals surface area contributed by atoms with Gasteiger partial charge in [0.2, 0.25) is 0 Å². The molecule has 0 aliphatic heterocycles. The van der Waals surface area contributed by atoms with Crippen LogP contribution in [0.1, 0.15) is 34.8 Å². The zero-order valence-electron chi connectivity index (χ0n) is 13.1. The topological polar surface area (TPSA) is 111 Å². The number of hydrogen-bond donors (Lipinski definition) is 1. The van der Waals surface area contributed by atoms with Crippen LogP contribution in [0.15, 0.2) is 42.5 Å². The summed E-state index contributed by atoms with van der Waals surface area (Å²) in [6.07, 6.45) is -0.304. The first-order valence-corrected chi connectivity index (χ1v) is 7.10. The first kappa shape index (κ1) is 17.1. The Morgan fingerprint density at radius 1 is 1.17 bits per heavy atom. The molecular formula is C16H15N3O5. The minimum atomic E-state index is -0.630. The van der Waals surface area contributed by atoms with Crippen molar-refractivity contribution in [3.63, 3.8) is 0 Å². The van der Waals surface area contributed by atoms with E-state index in [9.17, 15) is 19.7 Å². The Balaban J connectivity index is 2.17. The highest BCUT2D eigenvalue weighted by Crippen LogP contribution is 2.17. The van der Waals surface area contributed by atoms with Crippen molar-refractivity contribution in [2.24, 2.45) is 0 Å². The number of aromatic nitrogens is 1. The molecule has 2 aromatic rings. The molecule has 24 heavy (non-hydrogen) atoms. The van der Waals surface area contributed by atoms with Gasteiger partial charge in [0, 0.05) is 17.8 Å². The number of carbonyl (C=O) groups excluding carboxylic acids is 2. The monoisotopic (exact) mass is 329 g/mol. The summed E-state index contributed by atoms with van der Waals surface area (Å²) in [5.41, 5.74) is 0.122. The van der Waals surface area contributed by atoms with Gasteiger partial charge in [-0.25, -0.2) is 9.78 Å². The number of nitrogens with zero attached hydrogens (tertiary/aromatic N) is 2. The van der Waals surface area contributed by atoms with Crippen LogP contribution in [0, 0.1) is 10.1 Å². The lowest BCUT2D eigenvalue weighted by Gasteiger charge is -2.08. The minimum absolute atomic E-state index is 0.000266. The van der Waals surface area contributed by atoms with Crippen LogP contribution in [0.2, 0.25) is 0 Å². The van der Waals surface area contributed by atoms with Gasteiger partial charge in [0.15, 0.2) is 0 Å². The SMILES string of the molecule is CC(C)OC(=O)c1cccc(C(=O)Nc2cccc([N+](=O)[O-])c2)n1. The number of nitrogens with one attached hydrogen (secondary N) is 1. The lowest BCUT2D eigenvalue weighted by molar-refractivity contribution is -0.384. The number of anilines is 1. The van der Waals surface area contributed by atoms with Crippen LogP contribution < -0.4 is 5.32 Å². The molecule has 124 valence electrons. The number of hydrogen-bond acceptors (Lipinski definition) is 6. The summed E-state index contributed by atoms with van der Waals surface area (Å²) in [6.45, 7) is 3.41. The van der Waals surface area contributed by atoms with Gasteiger partial charge in [-0.1, -0.05) is 12.1 Å². The van der Waals surface area contributed by atoms with Crippen LogP contribution in [0.3, 0.4) is 0 Å². The van der Waals surface area contributed by atoms with Gasteiger partial charge in [0.25, 0.3) is 11.6 Å². The predicted molar refractivity (Wildman–Crippen MR) is 85.8 cm³/mol. The van der Waals surface area contributed by atoms with Crippen molar-refractivity contribution in [2.75, 3.05) is 5.32 Å². The van der Waals surface area contributed by atoms with Gasteiger partial charge in [0.1, 0.15) is 11.4 Å². The Morgan fingerprint density at radius 2 is 1.83 bits per heavy atom. The summed E-state index contributed by atoms with van der Waals surface area (Å²) in [6, 6.07) is 9.89. The maximum absolute atomic E-state index is 12.2. The number of ether oxygens (including phenoxy) is 1. The zero-order chi connectivity index (χ0) is 17.7. The largest absolute Gasteiger partial charge is 0.458 e. The molecule has 1 heterocycles. The summed E-state index contributed by atoms with van der Waals surface area (Å²) < 4.78 is 5.02. The van der Waals surface area contributed by atoms with Gasteiger partial charge in [-0.2, -0.15) is 0 Å². The van der Waals surface area contributed by atoms with E-state index in [1.54, 1.807) is 13.8 Å². The van der Waals surface area contributed by atoms with E-state index in [2.05, 4.69) is 10.3 Å². The second-order valence-corrected chi connectivity index (χ2v) is 5.12. The van der Waals surface area contributed by atoms with Crippen molar-refractivity contribution >= 4 is 23.3 Å². The molecule has 8 nitrogen and oxygen atoms in total. The van der Waals surface area contributed by atoms with Crippen LogP contribution in [-0.4, -0.2) is 27.9 Å². The minimum Gasteiger partial charge on any atom is -0.458 e. The molecule has 1 aromatic heterocycles. The van der Waals surface area contributed by atoms with E-state index in [1.807, 2.05) is 0 Å². The third-order valence-electron chi connectivity index (χ3n) is 2.85. The fourth-order valence-corrected chi connectivity index (χ4v) is 1.84. The standard InChI is InChI=1S/C16H15N3O5/c1-10(2)24-16(21)14-8-4-7-13(18-14)15(20)17-11-5-3-6-12(9-11)19(22)23/h3-10H,1-2H3,(H,17,20). The van der Waals surface area contributed by atoms with E-state index >= 15 is 0 Å². The number of rotatable bonds is 5. The van der Waals surface area contributed by atoms with Crippen molar-refractivity contribution in [2.45, 2.75) is 20.0 Å². The fourth-order valence-electron chi connectivity index (χ4n) is 1.84. The number of carbonyl (C=O) groups is 2. The molecule has 0 unspecified atom stereocenters. The van der Waals surface area contributed by atoms with Gasteiger partial charge in [0.05, 0.1) is 11.0 Å². The zero-order valence-corrected chi connectivity index (χ0v) is 13.1. The van der Waals surface area contributed by atoms with Crippen LogP contribution in [0.25, 0.3) is 0 Å². The second kappa shape index (κ2) is 7.32. The van der Waals surface area contributed by atoms with E-state index in [0.717, 1.165) is 0 Å². The Hall–Kier alpha value is -3.29. The van der Waals surface area contributed by atoms with E-state index in [1.165, 1.54) is 42.5 Å². The lowest BCUT2D eigenvalue weighted by atomic mass is 10.2. The first-order chi connectivity index (χ1) is 11.4. The highest BCUT2D eigenvalue weighted by atomic mass is 16.6. The van der Waals surface area contributed by atoms with Crippen LogP contribution in [-0.2, 0) is 4.74 Å². The average Bonchev–Trinajstić information content (AvgIpc) is 2.54. The number of non-ortho nitro benzene ring substituents is 1. The highest BCUT2D eigenvalue weighted by molar-refractivity contribution is 6.03. The van der Waals surface area contributed by atoms with Crippen molar-refractivity contribution in [1.29, 1.82) is 0 Å². The number of nitro benzene ring substituents is 1. The summed E-state index contributed by atoms with van der Waals surface area (Å²) in [5.74, 6) is -1.22. The quantitative estimate of drug-likeness (QED) is 0.513. The molecule has 0 fully saturated rings. The van der Waals surface area contributed by atoms with Crippen molar-refractivity contribution < 1.29 is 19.2 Å². The third kappa shape index (κ3) is 4.35. The number of amides is 1. The Kier molecular flexibility index (Phi) is 5.20. The first-order valence-electron chi connectivity index (χ1n) is 7.10. The number of esters is 1. The Morgan fingerprint density at radius 3 is 2.50 bits per heavy atom. The van der Waals surface area contributed by atoms with Crippen LogP contribution >= 0.6 is 0 Å². The van der Waals surface area contributed by atoms with Crippen molar-refractivity contribution in [3.8, 4) is 0 Å². The molecule has 0 aliphatic carbocycles. The van der Waals surface area contributed by atoms with Gasteiger partial charge < -0.3 is 10.1 Å². The van der Waals surface area contributed by atoms with Gasteiger partial charge in [-0.3, -0.25) is 14.9 Å². The number of nitro groups is 1. The van der Waals surface area contributed by atoms with Gasteiger partial charge in [-0.05, 0) is 32.0 Å². The maximum atomic E-state index is 12.2. The van der Waals surface area contributed by atoms with Gasteiger partial charge >= 0.3 is 5.97 Å². The summed E-state index contributed by atoms with van der Waals surface area (Å²) in [7, 11) is 0. The fraction of sp³-hybridized carbons (Fsp3) is 0.188. The molecule has 1 N–H and O–H groups in total. The molecule has 2 rings (SSSR count). The maximum Gasteiger partial charge on any atom is 0.357 e. The molecule has 8 heteroatoms. The molecule has 0 atom stereocenters. The molecule has 0 bridgehead atoms. The summed E-state index contributed by atoms with van der Waals surface area (Å²) in [4.78, 5) is 38.2. The number of benzene rings is 1. The van der Waals surface area contributed by atoms with Crippen LogP contribution in [0.5, 0.6) is 0 Å². The van der Waals surface area contributed by atoms with E-state index in [-0.39, 0.29) is 28.9 Å². The van der Waals surface area contributed by atoms with E-state index < -0.39 is 16.8 Å². The second-order valence-electron chi connectivity index (χ2n) is 5.12.